The van der Waals surface area contributed by atoms with Crippen LogP contribution < -0.4 is 11.4 Å². The minimum Gasteiger partial charge on any atom is -0.382 e. The second-order valence-electron chi connectivity index (χ2n) is 3.43. The highest BCUT2D eigenvalue weighted by Gasteiger charge is 2.09. The number of nitrogens with one attached hydrogen (secondary N) is 2. The summed E-state index contributed by atoms with van der Waals surface area (Å²) in [7, 11) is 0. The van der Waals surface area contributed by atoms with Gasteiger partial charge in [-0.2, -0.15) is 0 Å². The number of nitrogens with zero attached hydrogens (tertiary/aromatic N) is 3. The zero-order chi connectivity index (χ0) is 13.1. The van der Waals surface area contributed by atoms with Crippen molar-refractivity contribution in [1.82, 2.24) is 19.7 Å². The number of hydrogen-bond acceptors (Lipinski definition) is 5. The monoisotopic (exact) mass is 264 g/mol. The van der Waals surface area contributed by atoms with Crippen molar-refractivity contribution >= 4 is 17.6 Å². The molecule has 8 heteroatoms. The highest BCUT2D eigenvalue weighted by molar-refractivity contribution is 7.99. The number of aromatic nitrogens is 4. The van der Waals surface area contributed by atoms with Crippen LogP contribution >= 0.6 is 11.8 Å². The van der Waals surface area contributed by atoms with E-state index in [-0.39, 0.29) is 11.5 Å². The fourth-order valence-electron chi connectivity index (χ4n) is 1.38. The standard InChI is InChI=1S/C10H12N6OS/c1-2-16-9(17)14-15-10(16)18-7-5-3-4-6(13-7)8(11)12/h3-5H,2H2,1H3,(H3,11,12)(H,14,17). The molecule has 0 saturated heterocycles. The number of hydrogen-bond donors (Lipinski definition) is 3. The molecule has 0 atom stereocenters. The first-order valence-corrected chi connectivity index (χ1v) is 6.08. The normalized spacial score (nSPS) is 10.5. The summed E-state index contributed by atoms with van der Waals surface area (Å²) in [5.74, 6) is -0.0904. The summed E-state index contributed by atoms with van der Waals surface area (Å²) in [5.41, 5.74) is 5.53. The minimum absolute atomic E-state index is 0.0904. The molecular weight excluding hydrogens is 252 g/mol. The van der Waals surface area contributed by atoms with E-state index in [2.05, 4.69) is 15.2 Å². The van der Waals surface area contributed by atoms with Crippen LogP contribution in [0.2, 0.25) is 0 Å². The third-order valence-electron chi connectivity index (χ3n) is 2.23. The second-order valence-corrected chi connectivity index (χ2v) is 4.42. The summed E-state index contributed by atoms with van der Waals surface area (Å²) in [6.07, 6.45) is 0. The molecule has 0 aliphatic heterocycles. The Labute approximate surface area is 107 Å². The van der Waals surface area contributed by atoms with Gasteiger partial charge in [0.2, 0.25) is 0 Å². The molecule has 0 radical (unpaired) electrons. The number of nitrogen functional groups attached to an aromatic ring is 1. The van der Waals surface area contributed by atoms with E-state index in [1.807, 2.05) is 6.92 Å². The van der Waals surface area contributed by atoms with Crippen molar-refractivity contribution < 1.29 is 0 Å². The van der Waals surface area contributed by atoms with Gasteiger partial charge in [-0.3, -0.25) is 9.98 Å². The topological polar surface area (TPSA) is 113 Å². The van der Waals surface area contributed by atoms with Gasteiger partial charge in [-0.15, -0.1) is 5.10 Å². The average Bonchev–Trinajstić information content (AvgIpc) is 2.70. The number of amidine groups is 1. The van der Waals surface area contributed by atoms with Gasteiger partial charge in [0.15, 0.2) is 5.16 Å². The van der Waals surface area contributed by atoms with Crippen LogP contribution in [-0.2, 0) is 6.54 Å². The van der Waals surface area contributed by atoms with Gasteiger partial charge < -0.3 is 5.73 Å². The second kappa shape index (κ2) is 5.05. The van der Waals surface area contributed by atoms with Crippen LogP contribution in [0.5, 0.6) is 0 Å². The smallest absolute Gasteiger partial charge is 0.343 e. The maximum Gasteiger partial charge on any atom is 0.343 e. The van der Waals surface area contributed by atoms with Crippen molar-refractivity contribution in [3.05, 3.63) is 34.4 Å². The van der Waals surface area contributed by atoms with Crippen LogP contribution in [0.1, 0.15) is 12.6 Å². The van der Waals surface area contributed by atoms with Crippen molar-refractivity contribution in [2.45, 2.75) is 23.7 Å². The fourth-order valence-corrected chi connectivity index (χ4v) is 2.27. The molecule has 2 aromatic rings. The fraction of sp³-hybridized carbons (Fsp3) is 0.200. The molecule has 2 heterocycles. The SMILES string of the molecule is CCn1c(Sc2cccc(C(=N)N)n2)n[nH]c1=O. The molecule has 0 aliphatic carbocycles. The van der Waals surface area contributed by atoms with Gasteiger partial charge >= 0.3 is 5.69 Å². The van der Waals surface area contributed by atoms with Crippen LogP contribution in [0.25, 0.3) is 0 Å². The van der Waals surface area contributed by atoms with E-state index >= 15 is 0 Å². The van der Waals surface area contributed by atoms with E-state index in [0.717, 1.165) is 0 Å². The summed E-state index contributed by atoms with van der Waals surface area (Å²) in [5, 5.41) is 14.8. The maximum atomic E-state index is 11.4. The Morgan fingerprint density at radius 2 is 2.39 bits per heavy atom. The minimum atomic E-state index is -0.247. The lowest BCUT2D eigenvalue weighted by molar-refractivity contribution is 0.660. The molecule has 0 saturated carbocycles. The summed E-state index contributed by atoms with van der Waals surface area (Å²) >= 11 is 1.25. The lowest BCUT2D eigenvalue weighted by Crippen LogP contribution is -2.16. The van der Waals surface area contributed by atoms with Crippen molar-refractivity contribution in [3.63, 3.8) is 0 Å². The highest BCUT2D eigenvalue weighted by Crippen LogP contribution is 2.22. The Balaban J connectivity index is 2.31. The largest absolute Gasteiger partial charge is 0.382 e. The Morgan fingerprint density at radius 1 is 1.61 bits per heavy atom. The first kappa shape index (κ1) is 12.4. The predicted molar refractivity (Wildman–Crippen MR) is 67.9 cm³/mol. The van der Waals surface area contributed by atoms with Crippen molar-refractivity contribution in [3.8, 4) is 0 Å². The summed E-state index contributed by atoms with van der Waals surface area (Å²) < 4.78 is 1.51. The number of H-pyrrole nitrogens is 1. The van der Waals surface area contributed by atoms with Gasteiger partial charge in [0.1, 0.15) is 16.6 Å². The lowest BCUT2D eigenvalue weighted by atomic mass is 10.3. The third kappa shape index (κ3) is 2.43. The van der Waals surface area contributed by atoms with Gasteiger partial charge in [-0.1, -0.05) is 6.07 Å². The van der Waals surface area contributed by atoms with Crippen LogP contribution in [-0.4, -0.2) is 25.6 Å². The Hall–Kier alpha value is -2.09. The Kier molecular flexibility index (Phi) is 3.47. The molecule has 0 aliphatic rings. The summed E-state index contributed by atoms with van der Waals surface area (Å²) in [6.45, 7) is 2.39. The van der Waals surface area contributed by atoms with Crippen molar-refractivity contribution in [2.75, 3.05) is 0 Å². The van der Waals surface area contributed by atoms with E-state index in [1.165, 1.54) is 16.3 Å². The van der Waals surface area contributed by atoms with Gasteiger partial charge in [0.25, 0.3) is 0 Å². The lowest BCUT2D eigenvalue weighted by Gasteiger charge is -2.03. The molecule has 0 fully saturated rings. The Bertz CT molecular complexity index is 631. The van der Waals surface area contributed by atoms with Gasteiger partial charge in [-0.25, -0.2) is 14.9 Å². The highest BCUT2D eigenvalue weighted by atomic mass is 32.2. The molecule has 18 heavy (non-hydrogen) atoms. The van der Waals surface area contributed by atoms with Gasteiger partial charge in [-0.05, 0) is 30.8 Å². The quantitative estimate of drug-likeness (QED) is 0.547. The van der Waals surface area contributed by atoms with Crippen molar-refractivity contribution in [2.24, 2.45) is 5.73 Å². The molecule has 4 N–H and O–H groups in total. The van der Waals surface area contributed by atoms with E-state index in [0.29, 0.717) is 22.4 Å². The molecule has 0 bridgehead atoms. The van der Waals surface area contributed by atoms with E-state index in [9.17, 15) is 4.79 Å². The van der Waals surface area contributed by atoms with E-state index < -0.39 is 0 Å². The molecule has 0 amide bonds. The third-order valence-corrected chi connectivity index (χ3v) is 3.17. The predicted octanol–water partition coefficient (Wildman–Crippen LogP) is 0.422. The van der Waals surface area contributed by atoms with Gasteiger partial charge in [0.05, 0.1) is 0 Å². The first-order valence-electron chi connectivity index (χ1n) is 5.26. The molecule has 94 valence electrons. The Morgan fingerprint density at radius 3 is 3.06 bits per heavy atom. The molecular formula is C10H12N6OS. The van der Waals surface area contributed by atoms with E-state index in [1.54, 1.807) is 18.2 Å². The maximum absolute atomic E-state index is 11.4. The first-order chi connectivity index (χ1) is 8.61. The van der Waals surface area contributed by atoms with Crippen LogP contribution in [0.15, 0.2) is 33.2 Å². The molecule has 0 unspecified atom stereocenters. The summed E-state index contributed by atoms with van der Waals surface area (Å²) in [6, 6.07) is 5.19. The molecule has 2 rings (SSSR count). The number of aromatic amines is 1. The average molecular weight is 264 g/mol. The van der Waals surface area contributed by atoms with E-state index in [4.69, 9.17) is 11.1 Å². The molecule has 0 spiro atoms. The van der Waals surface area contributed by atoms with Crippen LogP contribution in [0, 0.1) is 5.41 Å². The van der Waals surface area contributed by atoms with Gasteiger partial charge in [0, 0.05) is 6.54 Å². The van der Waals surface area contributed by atoms with Crippen LogP contribution in [0.4, 0.5) is 0 Å². The zero-order valence-electron chi connectivity index (χ0n) is 9.67. The van der Waals surface area contributed by atoms with Crippen LogP contribution in [0.3, 0.4) is 0 Å². The number of nitrogens with two attached hydrogens (primary N) is 1. The number of pyridine rings is 1. The van der Waals surface area contributed by atoms with Crippen molar-refractivity contribution in [1.29, 1.82) is 5.41 Å². The number of rotatable bonds is 4. The zero-order valence-corrected chi connectivity index (χ0v) is 10.5. The summed E-state index contributed by atoms with van der Waals surface area (Å²) in [4.78, 5) is 15.6. The molecule has 0 aromatic carbocycles. The molecule has 7 nitrogen and oxygen atoms in total. The molecule has 2 aromatic heterocycles.